The van der Waals surface area contributed by atoms with Gasteiger partial charge in [-0.25, -0.2) is 4.98 Å². The number of hydrogen-bond acceptors (Lipinski definition) is 6. The third-order valence-electron chi connectivity index (χ3n) is 5.33. The van der Waals surface area contributed by atoms with Gasteiger partial charge >= 0.3 is 0 Å². The highest BCUT2D eigenvalue weighted by molar-refractivity contribution is 7.99. The van der Waals surface area contributed by atoms with E-state index in [0.717, 1.165) is 17.3 Å². The van der Waals surface area contributed by atoms with E-state index in [4.69, 9.17) is 11.6 Å². The molecule has 1 N–H and O–H groups in total. The number of carbonyl (C=O) groups excluding carboxylic acids is 1. The summed E-state index contributed by atoms with van der Waals surface area (Å²) in [5, 5.41) is 14.4. The molecule has 10 heteroatoms. The van der Waals surface area contributed by atoms with Gasteiger partial charge in [-0.3, -0.25) is 24.3 Å². The zero-order valence-corrected chi connectivity index (χ0v) is 20.5. The Kier molecular flexibility index (Phi) is 7.18. The van der Waals surface area contributed by atoms with Crippen LogP contribution in [0, 0.1) is 10.1 Å². The predicted octanol–water partition coefficient (Wildman–Crippen LogP) is 5.80. The van der Waals surface area contributed by atoms with E-state index in [0.29, 0.717) is 27.7 Å². The van der Waals surface area contributed by atoms with E-state index < -0.39 is 10.8 Å². The van der Waals surface area contributed by atoms with Crippen molar-refractivity contribution in [1.29, 1.82) is 0 Å². The summed E-state index contributed by atoms with van der Waals surface area (Å²) in [6, 6.07) is 18.6. The molecular weight excluding hydrogens is 488 g/mol. The topological polar surface area (TPSA) is 107 Å². The fraction of sp³-hybridized carbons (Fsp3) is 0.160. The molecule has 0 aliphatic heterocycles. The van der Waals surface area contributed by atoms with Crippen LogP contribution in [-0.4, -0.2) is 26.1 Å². The average molecular weight is 509 g/mol. The number of aromatic nitrogens is 2. The lowest BCUT2D eigenvalue weighted by molar-refractivity contribution is -0.384. The highest BCUT2D eigenvalue weighted by Crippen LogP contribution is 2.28. The molecule has 0 saturated carbocycles. The number of anilines is 1. The molecule has 0 radical (unpaired) electrons. The first kappa shape index (κ1) is 24.4. The zero-order chi connectivity index (χ0) is 25.1. The number of nitro groups is 1. The van der Waals surface area contributed by atoms with Crippen LogP contribution in [0.1, 0.15) is 25.3 Å². The fourth-order valence-electron chi connectivity index (χ4n) is 3.48. The van der Waals surface area contributed by atoms with E-state index in [9.17, 15) is 19.7 Å². The van der Waals surface area contributed by atoms with Gasteiger partial charge in [0.05, 0.1) is 38.0 Å². The number of carbonyl (C=O) groups is 1. The van der Waals surface area contributed by atoms with Crippen LogP contribution in [0.3, 0.4) is 0 Å². The smallest absolute Gasteiger partial charge is 0.271 e. The summed E-state index contributed by atoms with van der Waals surface area (Å²) in [5.74, 6) is -0.100. The number of para-hydroxylation sites is 1. The van der Waals surface area contributed by atoms with Gasteiger partial charge in [0.25, 0.3) is 11.2 Å². The number of hydrogen-bond donors (Lipinski definition) is 1. The van der Waals surface area contributed by atoms with Crippen molar-refractivity contribution < 1.29 is 9.72 Å². The maximum atomic E-state index is 13.4. The number of benzene rings is 3. The Hall–Kier alpha value is -3.69. The van der Waals surface area contributed by atoms with Crippen molar-refractivity contribution in [3.8, 4) is 5.69 Å². The van der Waals surface area contributed by atoms with Crippen LogP contribution in [0.5, 0.6) is 0 Å². The molecule has 1 amide bonds. The van der Waals surface area contributed by atoms with Gasteiger partial charge in [-0.15, -0.1) is 0 Å². The number of non-ortho nitro benzene ring substituents is 1. The maximum absolute atomic E-state index is 13.4. The van der Waals surface area contributed by atoms with E-state index >= 15 is 0 Å². The highest BCUT2D eigenvalue weighted by atomic mass is 35.5. The van der Waals surface area contributed by atoms with Gasteiger partial charge in [0.2, 0.25) is 5.91 Å². The SMILES string of the molecule is CC(C)c1ccc(-n2c(SCC(=O)Nc3ccc([N+](=O)[O-])cc3Cl)nc3ccccc3c2=O)cc1. The van der Waals surface area contributed by atoms with Gasteiger partial charge in [0, 0.05) is 12.1 Å². The van der Waals surface area contributed by atoms with Crippen molar-refractivity contribution >= 4 is 51.5 Å². The lowest BCUT2D eigenvalue weighted by Gasteiger charge is -2.14. The Morgan fingerprint density at radius 2 is 1.86 bits per heavy atom. The molecule has 8 nitrogen and oxygen atoms in total. The van der Waals surface area contributed by atoms with Crippen molar-refractivity contribution in [2.75, 3.05) is 11.1 Å². The molecule has 178 valence electrons. The molecule has 0 fully saturated rings. The highest BCUT2D eigenvalue weighted by Gasteiger charge is 2.16. The van der Waals surface area contributed by atoms with Gasteiger partial charge in [0.15, 0.2) is 5.16 Å². The molecule has 0 unspecified atom stereocenters. The Labute approximate surface area is 210 Å². The summed E-state index contributed by atoms with van der Waals surface area (Å²) in [6.45, 7) is 4.19. The minimum atomic E-state index is -0.564. The van der Waals surface area contributed by atoms with Crippen LogP contribution in [0.15, 0.2) is 76.7 Å². The van der Waals surface area contributed by atoms with Gasteiger partial charge in [0.1, 0.15) is 0 Å². The van der Waals surface area contributed by atoms with Crippen molar-refractivity contribution in [2.45, 2.75) is 24.9 Å². The Bertz CT molecular complexity index is 1490. The molecule has 0 aliphatic carbocycles. The van der Waals surface area contributed by atoms with Crippen LogP contribution in [0.4, 0.5) is 11.4 Å². The summed E-state index contributed by atoms with van der Waals surface area (Å²) in [6.07, 6.45) is 0. The summed E-state index contributed by atoms with van der Waals surface area (Å²) in [4.78, 5) is 41.0. The quantitative estimate of drug-likeness (QED) is 0.146. The summed E-state index contributed by atoms with van der Waals surface area (Å²) < 4.78 is 1.50. The van der Waals surface area contributed by atoms with E-state index in [1.165, 1.54) is 22.8 Å². The third kappa shape index (κ3) is 5.36. The maximum Gasteiger partial charge on any atom is 0.271 e. The molecular formula is C25H21ClN4O4S. The molecule has 0 spiro atoms. The van der Waals surface area contributed by atoms with Crippen molar-refractivity contribution in [3.63, 3.8) is 0 Å². The van der Waals surface area contributed by atoms with Crippen molar-refractivity contribution in [2.24, 2.45) is 0 Å². The molecule has 4 rings (SSSR count). The Morgan fingerprint density at radius 3 is 2.51 bits per heavy atom. The second-order valence-electron chi connectivity index (χ2n) is 8.06. The first-order valence-corrected chi connectivity index (χ1v) is 12.1. The predicted molar refractivity (Wildman–Crippen MR) is 139 cm³/mol. The first-order chi connectivity index (χ1) is 16.7. The average Bonchev–Trinajstić information content (AvgIpc) is 2.84. The number of rotatable bonds is 7. The van der Waals surface area contributed by atoms with E-state index in [1.54, 1.807) is 24.3 Å². The Balaban J connectivity index is 1.63. The minimum Gasteiger partial charge on any atom is -0.324 e. The second kappa shape index (κ2) is 10.3. The lowest BCUT2D eigenvalue weighted by atomic mass is 10.0. The molecule has 0 bridgehead atoms. The van der Waals surface area contributed by atoms with Gasteiger partial charge < -0.3 is 5.32 Å². The van der Waals surface area contributed by atoms with Crippen LogP contribution in [-0.2, 0) is 4.79 Å². The lowest BCUT2D eigenvalue weighted by Crippen LogP contribution is -2.23. The third-order valence-corrected chi connectivity index (χ3v) is 6.58. The molecule has 0 atom stereocenters. The number of nitrogens with zero attached hydrogens (tertiary/aromatic N) is 3. The number of nitrogens with one attached hydrogen (secondary N) is 1. The molecule has 35 heavy (non-hydrogen) atoms. The van der Waals surface area contributed by atoms with Crippen LogP contribution in [0.25, 0.3) is 16.6 Å². The Morgan fingerprint density at radius 1 is 1.14 bits per heavy atom. The number of amides is 1. The van der Waals surface area contributed by atoms with Crippen LogP contribution < -0.4 is 10.9 Å². The molecule has 1 aromatic heterocycles. The monoisotopic (exact) mass is 508 g/mol. The van der Waals surface area contributed by atoms with E-state index in [2.05, 4.69) is 24.1 Å². The van der Waals surface area contributed by atoms with E-state index in [1.807, 2.05) is 24.3 Å². The standard InChI is InChI=1S/C25H21ClN4O4S/c1-15(2)16-7-9-17(10-8-16)29-24(32)19-5-3-4-6-21(19)28-25(29)35-14-23(31)27-22-12-11-18(30(33)34)13-20(22)26/h3-13,15H,14H2,1-2H3,(H,27,31). The molecule has 0 aliphatic rings. The minimum absolute atomic E-state index is 0.0534. The summed E-state index contributed by atoms with van der Waals surface area (Å²) in [5.41, 5.74) is 2.19. The number of halogens is 1. The second-order valence-corrected chi connectivity index (χ2v) is 9.41. The van der Waals surface area contributed by atoms with E-state index in [-0.39, 0.29) is 27.7 Å². The molecule has 1 heterocycles. The van der Waals surface area contributed by atoms with Gasteiger partial charge in [-0.2, -0.15) is 0 Å². The normalized spacial score (nSPS) is 11.1. The molecule has 4 aromatic rings. The fourth-order valence-corrected chi connectivity index (χ4v) is 4.52. The molecule has 0 saturated heterocycles. The molecule has 3 aromatic carbocycles. The number of fused-ring (bicyclic) bond motifs is 1. The zero-order valence-electron chi connectivity index (χ0n) is 18.9. The van der Waals surface area contributed by atoms with Crippen LogP contribution >= 0.6 is 23.4 Å². The largest absolute Gasteiger partial charge is 0.324 e. The summed E-state index contributed by atoms with van der Waals surface area (Å²) >= 11 is 7.19. The van der Waals surface area contributed by atoms with Gasteiger partial charge in [-0.1, -0.05) is 61.5 Å². The van der Waals surface area contributed by atoms with Gasteiger partial charge in [-0.05, 0) is 41.8 Å². The van der Waals surface area contributed by atoms with Crippen molar-refractivity contribution in [1.82, 2.24) is 9.55 Å². The number of nitro benzene ring substituents is 1. The summed E-state index contributed by atoms with van der Waals surface area (Å²) in [7, 11) is 0. The van der Waals surface area contributed by atoms with Crippen molar-refractivity contribution in [3.05, 3.63) is 97.8 Å². The van der Waals surface area contributed by atoms with Crippen LogP contribution in [0.2, 0.25) is 5.02 Å². The number of thioether (sulfide) groups is 1. The first-order valence-electron chi connectivity index (χ1n) is 10.7.